The molecule has 1 aliphatic heterocycles. The number of hydrogen-bond acceptors (Lipinski definition) is 11. The normalized spacial score (nSPS) is 18.0. The van der Waals surface area contributed by atoms with Crippen LogP contribution in [0.15, 0.2) is 12.2 Å². The molecular formula is C39H74O14P2. The second kappa shape index (κ2) is 31.8. The Morgan fingerprint density at radius 2 is 1.24 bits per heavy atom. The Kier molecular flexibility index (Phi) is 29.9. The molecule has 0 aliphatic carbocycles. The molecule has 55 heavy (non-hydrogen) atoms. The first-order chi connectivity index (χ1) is 26.2. The molecule has 0 bridgehead atoms. The van der Waals surface area contributed by atoms with E-state index < -0.39 is 66.2 Å². The lowest BCUT2D eigenvalue weighted by Gasteiger charge is -2.20. The van der Waals surface area contributed by atoms with Crippen molar-refractivity contribution in [3.05, 3.63) is 12.2 Å². The van der Waals surface area contributed by atoms with Gasteiger partial charge in [-0.1, -0.05) is 129 Å². The SMILES string of the molecule is CCCCC/C=C\CC1OC1CCCCCCCC(=O)OC[C@H](COP(=O)(O)OC[C@@H](O)COP(=O)(O)O)OC(=O)CCCCCCCCCCCC(C)C. The maximum atomic E-state index is 12.6. The number of unbranched alkanes of at least 4 members (excludes halogenated alkanes) is 15. The average Bonchev–Trinajstić information content (AvgIpc) is 3.88. The van der Waals surface area contributed by atoms with Gasteiger partial charge in [0.2, 0.25) is 0 Å². The van der Waals surface area contributed by atoms with Gasteiger partial charge in [-0.15, -0.1) is 0 Å². The third-order valence-electron chi connectivity index (χ3n) is 9.25. The van der Waals surface area contributed by atoms with E-state index in [0.29, 0.717) is 25.0 Å². The number of epoxide rings is 1. The molecule has 1 heterocycles. The molecule has 0 radical (unpaired) electrons. The van der Waals surface area contributed by atoms with E-state index in [1.807, 2.05) is 0 Å². The third-order valence-corrected chi connectivity index (χ3v) is 10.7. The fourth-order valence-corrected chi connectivity index (χ4v) is 7.11. The summed E-state index contributed by atoms with van der Waals surface area (Å²) in [6.07, 6.45) is 25.3. The van der Waals surface area contributed by atoms with E-state index in [4.69, 9.17) is 28.5 Å². The Morgan fingerprint density at radius 1 is 0.673 bits per heavy atom. The van der Waals surface area contributed by atoms with Crippen LogP contribution in [0.1, 0.15) is 168 Å². The molecule has 0 amide bonds. The van der Waals surface area contributed by atoms with Crippen LogP contribution in [-0.2, 0) is 46.5 Å². The minimum absolute atomic E-state index is 0.127. The quantitative estimate of drug-likeness (QED) is 0.0151. The molecule has 14 nitrogen and oxygen atoms in total. The first kappa shape index (κ1) is 51.8. The number of rotatable bonds is 38. The van der Waals surface area contributed by atoms with E-state index >= 15 is 0 Å². The predicted molar refractivity (Wildman–Crippen MR) is 211 cm³/mol. The number of ether oxygens (including phenoxy) is 3. The lowest BCUT2D eigenvalue weighted by molar-refractivity contribution is -0.161. The number of aliphatic hydroxyl groups excluding tert-OH is 1. The molecule has 0 spiro atoms. The second-order valence-corrected chi connectivity index (χ2v) is 17.8. The van der Waals surface area contributed by atoms with E-state index in [0.717, 1.165) is 70.1 Å². The molecule has 1 saturated heterocycles. The summed E-state index contributed by atoms with van der Waals surface area (Å²) in [5.74, 6) is -0.299. The van der Waals surface area contributed by atoms with Gasteiger partial charge in [0.1, 0.15) is 12.7 Å². The minimum Gasteiger partial charge on any atom is -0.462 e. The van der Waals surface area contributed by atoms with Crippen molar-refractivity contribution in [2.45, 2.75) is 193 Å². The molecule has 1 aliphatic rings. The largest absolute Gasteiger partial charge is 0.472 e. The highest BCUT2D eigenvalue weighted by Gasteiger charge is 2.36. The summed E-state index contributed by atoms with van der Waals surface area (Å²) in [7, 11) is -9.67. The average molecular weight is 829 g/mol. The number of hydrogen-bond donors (Lipinski definition) is 4. The molecule has 1 fully saturated rings. The number of esters is 2. The Balaban J connectivity index is 2.37. The van der Waals surface area contributed by atoms with Gasteiger partial charge < -0.3 is 34.0 Å². The highest BCUT2D eigenvalue weighted by Crippen LogP contribution is 2.44. The van der Waals surface area contributed by atoms with Crippen molar-refractivity contribution in [1.29, 1.82) is 0 Å². The molecule has 4 N–H and O–H groups in total. The predicted octanol–water partition coefficient (Wildman–Crippen LogP) is 9.02. The third kappa shape index (κ3) is 33.5. The van der Waals surface area contributed by atoms with Crippen LogP contribution in [0.25, 0.3) is 0 Å². The van der Waals surface area contributed by atoms with Crippen LogP contribution in [-0.4, -0.2) is 82.6 Å². The summed E-state index contributed by atoms with van der Waals surface area (Å²) < 4.78 is 53.5. The first-order valence-corrected chi connectivity index (χ1v) is 23.9. The van der Waals surface area contributed by atoms with Gasteiger partial charge in [0.05, 0.1) is 32.0 Å². The molecule has 324 valence electrons. The lowest BCUT2D eigenvalue weighted by atomic mass is 10.0. The number of aliphatic hydroxyl groups is 1. The fourth-order valence-electron chi connectivity index (χ4n) is 5.95. The highest BCUT2D eigenvalue weighted by atomic mass is 31.2. The van der Waals surface area contributed by atoms with Gasteiger partial charge in [-0.05, 0) is 44.4 Å². The fraction of sp³-hybridized carbons (Fsp3) is 0.897. The van der Waals surface area contributed by atoms with Gasteiger partial charge in [-0.3, -0.25) is 23.2 Å². The van der Waals surface area contributed by atoms with Crippen LogP contribution in [0, 0.1) is 5.92 Å². The van der Waals surface area contributed by atoms with Crippen molar-refractivity contribution in [3.63, 3.8) is 0 Å². The smallest absolute Gasteiger partial charge is 0.462 e. The molecule has 0 saturated carbocycles. The van der Waals surface area contributed by atoms with E-state index in [1.165, 1.54) is 57.8 Å². The maximum absolute atomic E-state index is 12.6. The van der Waals surface area contributed by atoms with Gasteiger partial charge >= 0.3 is 27.6 Å². The summed E-state index contributed by atoms with van der Waals surface area (Å²) in [4.78, 5) is 52.6. The summed E-state index contributed by atoms with van der Waals surface area (Å²) in [5, 5.41) is 9.73. The molecule has 0 aromatic heterocycles. The van der Waals surface area contributed by atoms with E-state index in [-0.39, 0.29) is 12.8 Å². The topological polar surface area (TPSA) is 208 Å². The van der Waals surface area contributed by atoms with Crippen LogP contribution >= 0.6 is 15.6 Å². The Hall–Kier alpha value is -1.18. The van der Waals surface area contributed by atoms with Gasteiger partial charge in [-0.2, -0.15) is 0 Å². The zero-order chi connectivity index (χ0) is 40.8. The zero-order valence-corrected chi connectivity index (χ0v) is 35.7. The summed E-state index contributed by atoms with van der Waals surface area (Å²) in [6, 6.07) is 0. The van der Waals surface area contributed by atoms with E-state index in [1.54, 1.807) is 0 Å². The van der Waals surface area contributed by atoms with Crippen molar-refractivity contribution < 1.29 is 66.3 Å². The van der Waals surface area contributed by atoms with Crippen LogP contribution in [0.3, 0.4) is 0 Å². The molecular weight excluding hydrogens is 754 g/mol. The first-order valence-electron chi connectivity index (χ1n) is 20.9. The van der Waals surface area contributed by atoms with Crippen LogP contribution in [0.4, 0.5) is 0 Å². The number of phosphoric acid groups is 2. The zero-order valence-electron chi connectivity index (χ0n) is 33.9. The number of phosphoric ester groups is 2. The summed E-state index contributed by atoms with van der Waals surface area (Å²) >= 11 is 0. The molecule has 16 heteroatoms. The molecule has 3 unspecified atom stereocenters. The van der Waals surface area contributed by atoms with Crippen molar-refractivity contribution in [2.75, 3.05) is 26.4 Å². The van der Waals surface area contributed by atoms with Gasteiger partial charge in [0.15, 0.2) is 6.10 Å². The maximum Gasteiger partial charge on any atom is 0.472 e. The molecule has 5 atom stereocenters. The van der Waals surface area contributed by atoms with Crippen molar-refractivity contribution >= 4 is 27.6 Å². The highest BCUT2D eigenvalue weighted by molar-refractivity contribution is 7.47. The van der Waals surface area contributed by atoms with Crippen molar-refractivity contribution in [3.8, 4) is 0 Å². The second-order valence-electron chi connectivity index (χ2n) is 15.1. The van der Waals surface area contributed by atoms with Gasteiger partial charge in [-0.25, -0.2) is 9.13 Å². The van der Waals surface area contributed by atoms with Crippen LogP contribution < -0.4 is 0 Å². The van der Waals surface area contributed by atoms with Crippen LogP contribution in [0.5, 0.6) is 0 Å². The van der Waals surface area contributed by atoms with E-state index in [9.17, 15) is 28.7 Å². The van der Waals surface area contributed by atoms with Gasteiger partial charge in [0.25, 0.3) is 0 Å². The van der Waals surface area contributed by atoms with Crippen LogP contribution in [0.2, 0.25) is 0 Å². The van der Waals surface area contributed by atoms with Gasteiger partial charge in [0, 0.05) is 12.8 Å². The minimum atomic E-state index is -4.86. The number of carbonyl (C=O) groups excluding carboxylic acids is 2. The molecule has 1 rings (SSSR count). The molecule has 0 aromatic carbocycles. The Bertz CT molecular complexity index is 1110. The van der Waals surface area contributed by atoms with E-state index in [2.05, 4.69) is 42.0 Å². The molecule has 0 aromatic rings. The summed E-state index contributed by atoms with van der Waals surface area (Å²) in [6.45, 7) is 3.98. The summed E-state index contributed by atoms with van der Waals surface area (Å²) in [5.41, 5.74) is 0. The van der Waals surface area contributed by atoms with Crippen molar-refractivity contribution in [1.82, 2.24) is 0 Å². The van der Waals surface area contributed by atoms with Crippen molar-refractivity contribution in [2.24, 2.45) is 5.92 Å². The standard InChI is InChI=1S/C39H74O14P2/c1-4-5-6-7-15-20-25-36-37(53-36)26-21-16-13-18-22-27-38(41)48-31-35(32-51-55(46,47)50-30-34(40)29-49-54(43,44)45)52-39(42)28-23-17-12-10-8-9-11-14-19-24-33(2)3/h15,20,33-37,40H,4-14,16-19,21-32H2,1-3H3,(H,46,47)(H2,43,44,45)/b20-15-/t34-,35+,36?,37?/m0/s1. The Morgan fingerprint density at radius 3 is 1.85 bits per heavy atom. The number of allylic oxidation sites excluding steroid dienone is 1. The number of carbonyl (C=O) groups is 2. The lowest BCUT2D eigenvalue weighted by Crippen LogP contribution is -2.30. The monoisotopic (exact) mass is 828 g/mol. The Labute approximate surface area is 330 Å².